The fraction of sp³-hybridized carbons (Fsp3) is 0.176. The van der Waals surface area contributed by atoms with Crippen LogP contribution >= 0.6 is 15.9 Å². The van der Waals surface area contributed by atoms with Gasteiger partial charge in [-0.15, -0.1) is 0 Å². The summed E-state index contributed by atoms with van der Waals surface area (Å²) in [6, 6.07) is 13.0. The van der Waals surface area contributed by atoms with Gasteiger partial charge in [-0.3, -0.25) is 0 Å². The van der Waals surface area contributed by atoms with Crippen molar-refractivity contribution in [2.75, 3.05) is 0 Å². The first-order valence-electron chi connectivity index (χ1n) is 6.21. The third-order valence-corrected chi connectivity index (χ3v) is 4.42. The normalized spacial score (nSPS) is 13.4. The van der Waals surface area contributed by atoms with Crippen molar-refractivity contribution in [3.05, 3.63) is 63.1 Å². The number of halogens is 1. The zero-order chi connectivity index (χ0) is 12.7. The van der Waals surface area contributed by atoms with Crippen LogP contribution in [0.15, 0.2) is 46.4 Å². The van der Waals surface area contributed by atoms with Gasteiger partial charge in [0.2, 0.25) is 0 Å². The molecular weight excluding hydrogens is 284 g/mol. The average molecular weight is 299 g/mol. The third-order valence-electron chi connectivity index (χ3n) is 3.57. The van der Waals surface area contributed by atoms with Crippen molar-refractivity contribution in [3.63, 3.8) is 0 Å². The minimum atomic E-state index is 1.09. The highest BCUT2D eigenvalue weighted by molar-refractivity contribution is 9.10. The van der Waals surface area contributed by atoms with Gasteiger partial charge in [0.15, 0.2) is 0 Å². The van der Waals surface area contributed by atoms with Crippen molar-refractivity contribution in [2.45, 2.75) is 20.3 Å². The molecule has 0 bridgehead atoms. The Hall–Kier alpha value is -1.34. The van der Waals surface area contributed by atoms with Crippen molar-refractivity contribution in [2.24, 2.45) is 0 Å². The lowest BCUT2D eigenvalue weighted by molar-refractivity contribution is 1.19. The highest BCUT2D eigenvalue weighted by Crippen LogP contribution is 2.38. The zero-order valence-electron chi connectivity index (χ0n) is 10.6. The van der Waals surface area contributed by atoms with Gasteiger partial charge < -0.3 is 0 Å². The van der Waals surface area contributed by atoms with E-state index in [4.69, 9.17) is 0 Å². The lowest BCUT2D eigenvalue weighted by Gasteiger charge is -2.11. The van der Waals surface area contributed by atoms with E-state index in [1.54, 1.807) is 0 Å². The molecule has 1 aliphatic carbocycles. The standard InChI is InChI=1S/C17H15Br/c1-11-9-13-7-8-15(17(18)16(13)10-11)14-6-4-3-5-12(14)2/h3-8,10H,9H2,1-2H3. The Morgan fingerprint density at radius 2 is 1.72 bits per heavy atom. The minimum Gasteiger partial charge on any atom is -0.0683 e. The molecule has 0 radical (unpaired) electrons. The molecule has 1 heteroatoms. The van der Waals surface area contributed by atoms with Crippen LogP contribution in [-0.4, -0.2) is 0 Å². The van der Waals surface area contributed by atoms with Crippen molar-refractivity contribution in [3.8, 4) is 11.1 Å². The highest BCUT2D eigenvalue weighted by atomic mass is 79.9. The molecule has 0 spiro atoms. The maximum Gasteiger partial charge on any atom is 0.0329 e. The molecule has 90 valence electrons. The summed E-state index contributed by atoms with van der Waals surface area (Å²) in [7, 11) is 0. The highest BCUT2D eigenvalue weighted by Gasteiger charge is 2.16. The lowest BCUT2D eigenvalue weighted by atomic mass is 9.97. The summed E-state index contributed by atoms with van der Waals surface area (Å²) in [6.07, 6.45) is 3.38. The van der Waals surface area contributed by atoms with E-state index in [0.29, 0.717) is 0 Å². The summed E-state index contributed by atoms with van der Waals surface area (Å²) in [5.41, 5.74) is 8.14. The second-order valence-corrected chi connectivity index (χ2v) is 5.78. The van der Waals surface area contributed by atoms with Crippen LogP contribution in [0.5, 0.6) is 0 Å². The Balaban J connectivity index is 2.21. The largest absolute Gasteiger partial charge is 0.0683 e. The van der Waals surface area contributed by atoms with Gasteiger partial charge in [-0.05, 0) is 64.0 Å². The molecule has 2 aromatic carbocycles. The fourth-order valence-electron chi connectivity index (χ4n) is 2.62. The summed E-state index contributed by atoms with van der Waals surface area (Å²) in [4.78, 5) is 0. The Kier molecular flexibility index (Phi) is 2.87. The quantitative estimate of drug-likeness (QED) is 0.663. The number of hydrogen-bond donors (Lipinski definition) is 0. The first-order valence-corrected chi connectivity index (χ1v) is 7.00. The van der Waals surface area contributed by atoms with Gasteiger partial charge in [0, 0.05) is 4.47 Å². The first-order chi connectivity index (χ1) is 8.66. The van der Waals surface area contributed by atoms with Gasteiger partial charge in [0.1, 0.15) is 0 Å². The van der Waals surface area contributed by atoms with Gasteiger partial charge in [-0.1, -0.05) is 48.0 Å². The SMILES string of the molecule is CC1=Cc2c(ccc(-c3ccccc3C)c2Br)C1. The van der Waals surface area contributed by atoms with Gasteiger partial charge >= 0.3 is 0 Å². The summed E-state index contributed by atoms with van der Waals surface area (Å²) in [5.74, 6) is 0. The maximum atomic E-state index is 3.79. The Morgan fingerprint density at radius 1 is 0.944 bits per heavy atom. The summed E-state index contributed by atoms with van der Waals surface area (Å²) >= 11 is 3.79. The van der Waals surface area contributed by atoms with E-state index < -0.39 is 0 Å². The molecule has 0 fully saturated rings. The summed E-state index contributed by atoms with van der Waals surface area (Å²) in [5, 5.41) is 0. The number of rotatable bonds is 1. The van der Waals surface area contributed by atoms with Crippen molar-refractivity contribution in [1.29, 1.82) is 0 Å². The van der Waals surface area contributed by atoms with E-state index in [1.165, 1.54) is 37.9 Å². The van der Waals surface area contributed by atoms with Crippen LogP contribution in [0, 0.1) is 6.92 Å². The van der Waals surface area contributed by atoms with E-state index in [-0.39, 0.29) is 0 Å². The van der Waals surface area contributed by atoms with Crippen LogP contribution in [-0.2, 0) is 6.42 Å². The van der Waals surface area contributed by atoms with E-state index in [9.17, 15) is 0 Å². The van der Waals surface area contributed by atoms with Crippen LogP contribution in [0.25, 0.3) is 17.2 Å². The second kappa shape index (κ2) is 4.40. The maximum absolute atomic E-state index is 3.79. The van der Waals surface area contributed by atoms with Crippen LogP contribution in [0.1, 0.15) is 23.6 Å². The molecular formula is C17H15Br. The van der Waals surface area contributed by atoms with Crippen molar-refractivity contribution in [1.82, 2.24) is 0 Å². The van der Waals surface area contributed by atoms with E-state index in [1.807, 2.05) is 0 Å². The molecule has 0 aliphatic heterocycles. The predicted octanol–water partition coefficient (Wildman–Crippen LogP) is 5.38. The third kappa shape index (κ3) is 1.83. The molecule has 0 aromatic heterocycles. The average Bonchev–Trinajstić information content (AvgIpc) is 2.73. The van der Waals surface area contributed by atoms with E-state index in [2.05, 4.69) is 72.3 Å². The second-order valence-electron chi connectivity index (χ2n) is 4.98. The monoisotopic (exact) mass is 298 g/mol. The molecule has 0 N–H and O–H groups in total. The summed E-state index contributed by atoms with van der Waals surface area (Å²) < 4.78 is 1.23. The first kappa shape index (κ1) is 11.7. The number of allylic oxidation sites excluding steroid dienone is 1. The smallest absolute Gasteiger partial charge is 0.0329 e. The molecule has 0 nitrogen and oxygen atoms in total. The predicted molar refractivity (Wildman–Crippen MR) is 81.7 cm³/mol. The molecule has 1 aliphatic rings. The van der Waals surface area contributed by atoms with E-state index in [0.717, 1.165) is 6.42 Å². The van der Waals surface area contributed by atoms with Gasteiger partial charge in [-0.2, -0.15) is 0 Å². The molecule has 0 saturated heterocycles. The van der Waals surface area contributed by atoms with Crippen LogP contribution < -0.4 is 0 Å². The van der Waals surface area contributed by atoms with E-state index >= 15 is 0 Å². The molecule has 2 aromatic rings. The zero-order valence-corrected chi connectivity index (χ0v) is 12.2. The molecule has 0 saturated carbocycles. The molecule has 0 unspecified atom stereocenters. The van der Waals surface area contributed by atoms with Crippen molar-refractivity contribution < 1.29 is 0 Å². The Labute approximate surface area is 116 Å². The van der Waals surface area contributed by atoms with Crippen molar-refractivity contribution >= 4 is 22.0 Å². The van der Waals surface area contributed by atoms with Crippen LogP contribution in [0.3, 0.4) is 0 Å². The van der Waals surface area contributed by atoms with Gasteiger partial charge in [0.25, 0.3) is 0 Å². The topological polar surface area (TPSA) is 0 Å². The van der Waals surface area contributed by atoms with Crippen LogP contribution in [0.2, 0.25) is 0 Å². The Morgan fingerprint density at radius 3 is 2.50 bits per heavy atom. The van der Waals surface area contributed by atoms with Gasteiger partial charge in [0.05, 0.1) is 0 Å². The summed E-state index contributed by atoms with van der Waals surface area (Å²) in [6.45, 7) is 4.36. The lowest BCUT2D eigenvalue weighted by Crippen LogP contribution is -1.89. The molecule has 18 heavy (non-hydrogen) atoms. The van der Waals surface area contributed by atoms with Crippen LogP contribution in [0.4, 0.5) is 0 Å². The molecule has 0 heterocycles. The van der Waals surface area contributed by atoms with Gasteiger partial charge in [-0.25, -0.2) is 0 Å². The minimum absolute atomic E-state index is 1.09. The molecule has 3 rings (SSSR count). The number of hydrogen-bond acceptors (Lipinski definition) is 0. The Bertz CT molecular complexity index is 651. The molecule has 0 atom stereocenters. The number of aryl methyl sites for hydroxylation is 1. The fourth-order valence-corrected chi connectivity index (χ4v) is 3.34. The molecule has 0 amide bonds. The number of benzene rings is 2. The number of fused-ring (bicyclic) bond motifs is 1.